The zero-order chi connectivity index (χ0) is 17.1. The van der Waals surface area contributed by atoms with Gasteiger partial charge in [0.15, 0.2) is 0 Å². The van der Waals surface area contributed by atoms with E-state index in [0.717, 1.165) is 22.7 Å². The normalized spacial score (nSPS) is 23.2. The summed E-state index contributed by atoms with van der Waals surface area (Å²) in [6, 6.07) is 17.3. The average molecular weight is 474 g/mol. The van der Waals surface area contributed by atoms with Crippen molar-refractivity contribution in [3.8, 4) is 5.75 Å². The van der Waals surface area contributed by atoms with E-state index < -0.39 is 0 Å². The van der Waals surface area contributed by atoms with Gasteiger partial charge in [-0.25, -0.2) is 0 Å². The van der Waals surface area contributed by atoms with Crippen molar-refractivity contribution in [2.24, 2.45) is 5.92 Å². The summed E-state index contributed by atoms with van der Waals surface area (Å²) in [5, 5.41) is 3.79. The number of hydrogen-bond donors (Lipinski definition) is 1. The Balaban J connectivity index is 0.00000131. The number of piperidine rings is 3. The van der Waals surface area contributed by atoms with Crippen LogP contribution in [0.4, 0.5) is 0 Å². The van der Waals surface area contributed by atoms with Crippen molar-refractivity contribution in [3.63, 3.8) is 0 Å². The molecule has 2 aromatic rings. The van der Waals surface area contributed by atoms with Crippen LogP contribution in [-0.2, 0) is 13.2 Å². The molecule has 5 rings (SSSR count). The predicted octanol–water partition coefficient (Wildman–Crippen LogP) is 5.06. The second-order valence-corrected chi connectivity index (χ2v) is 8.07. The van der Waals surface area contributed by atoms with E-state index in [2.05, 4.69) is 68.6 Å². The second-order valence-electron chi connectivity index (χ2n) is 7.15. The highest BCUT2D eigenvalue weighted by molar-refractivity contribution is 9.10. The van der Waals surface area contributed by atoms with Crippen LogP contribution in [0.15, 0.2) is 53.0 Å². The lowest BCUT2D eigenvalue weighted by Gasteiger charge is -2.45. The molecule has 0 radical (unpaired) electrons. The van der Waals surface area contributed by atoms with Gasteiger partial charge in [-0.15, -0.1) is 24.8 Å². The van der Waals surface area contributed by atoms with E-state index in [0.29, 0.717) is 12.6 Å². The number of hydrogen-bond acceptors (Lipinski definition) is 3. The molecular weight excluding hydrogens is 447 g/mol. The summed E-state index contributed by atoms with van der Waals surface area (Å²) in [6.07, 6.45) is 2.68. The van der Waals surface area contributed by atoms with Crippen LogP contribution in [0.2, 0.25) is 0 Å². The average Bonchev–Trinajstić information content (AvgIpc) is 2.67. The minimum absolute atomic E-state index is 0. The lowest BCUT2D eigenvalue weighted by Crippen LogP contribution is -2.55. The van der Waals surface area contributed by atoms with E-state index in [1.165, 1.54) is 43.6 Å². The van der Waals surface area contributed by atoms with E-state index in [1.807, 2.05) is 6.07 Å². The molecule has 0 amide bonds. The molecule has 6 heteroatoms. The highest BCUT2D eigenvalue weighted by Crippen LogP contribution is 2.29. The predicted molar refractivity (Wildman–Crippen MR) is 119 cm³/mol. The molecule has 0 saturated carbocycles. The Bertz CT molecular complexity index is 709. The van der Waals surface area contributed by atoms with Crippen LogP contribution < -0.4 is 10.1 Å². The first-order chi connectivity index (χ1) is 12.3. The summed E-state index contributed by atoms with van der Waals surface area (Å²) in [4.78, 5) is 2.59. The van der Waals surface area contributed by atoms with Gasteiger partial charge in [0.05, 0.1) is 0 Å². The zero-order valence-corrected chi connectivity index (χ0v) is 18.5. The lowest BCUT2D eigenvalue weighted by molar-refractivity contribution is 0.0718. The molecule has 27 heavy (non-hydrogen) atoms. The Morgan fingerprint density at radius 1 is 1.04 bits per heavy atom. The van der Waals surface area contributed by atoms with Gasteiger partial charge in [-0.1, -0.05) is 46.3 Å². The summed E-state index contributed by atoms with van der Waals surface area (Å²) in [7, 11) is 0. The maximum Gasteiger partial charge on any atom is 0.124 e. The largest absolute Gasteiger partial charge is 0.489 e. The third kappa shape index (κ3) is 5.85. The van der Waals surface area contributed by atoms with Crippen LogP contribution in [0.1, 0.15) is 24.0 Å². The second kappa shape index (κ2) is 10.7. The molecule has 3 fully saturated rings. The number of halogens is 3. The highest BCUT2D eigenvalue weighted by atomic mass is 79.9. The van der Waals surface area contributed by atoms with Crippen LogP contribution in [0, 0.1) is 5.92 Å². The Hall–Kier alpha value is -0.780. The van der Waals surface area contributed by atoms with E-state index in [1.54, 1.807) is 0 Å². The number of ether oxygens (including phenoxy) is 1. The summed E-state index contributed by atoms with van der Waals surface area (Å²) < 4.78 is 7.21. The summed E-state index contributed by atoms with van der Waals surface area (Å²) in [5.41, 5.74) is 2.42. The molecule has 3 aliphatic rings. The van der Waals surface area contributed by atoms with E-state index in [-0.39, 0.29) is 24.8 Å². The van der Waals surface area contributed by atoms with Gasteiger partial charge in [-0.05, 0) is 55.6 Å². The Kier molecular flexibility index (Phi) is 8.90. The van der Waals surface area contributed by atoms with Crippen molar-refractivity contribution in [2.75, 3.05) is 19.6 Å². The van der Waals surface area contributed by atoms with Crippen LogP contribution in [-0.4, -0.2) is 30.6 Å². The molecule has 0 aromatic heterocycles. The van der Waals surface area contributed by atoms with Gasteiger partial charge in [0, 0.05) is 29.2 Å². The number of nitrogens with zero attached hydrogens (tertiary/aromatic N) is 1. The lowest BCUT2D eigenvalue weighted by atomic mass is 9.84. The quantitative estimate of drug-likeness (QED) is 0.634. The fraction of sp³-hybridized carbons (Fsp3) is 0.429. The first-order valence-corrected chi connectivity index (χ1v) is 9.98. The minimum atomic E-state index is 0. The van der Waals surface area contributed by atoms with Gasteiger partial charge in [0.25, 0.3) is 0 Å². The molecule has 0 spiro atoms. The number of benzene rings is 2. The van der Waals surface area contributed by atoms with Crippen molar-refractivity contribution in [3.05, 3.63) is 64.1 Å². The summed E-state index contributed by atoms with van der Waals surface area (Å²) in [5.74, 6) is 1.81. The van der Waals surface area contributed by atoms with Gasteiger partial charge < -0.3 is 15.0 Å². The molecular formula is C21H27BrCl2N2O. The van der Waals surface area contributed by atoms with Crippen molar-refractivity contribution in [2.45, 2.75) is 32.0 Å². The van der Waals surface area contributed by atoms with Crippen LogP contribution >= 0.6 is 40.7 Å². The van der Waals surface area contributed by atoms with Gasteiger partial charge in [0.1, 0.15) is 12.4 Å². The molecule has 2 bridgehead atoms. The highest BCUT2D eigenvalue weighted by Gasteiger charge is 2.33. The van der Waals surface area contributed by atoms with Crippen LogP contribution in [0.3, 0.4) is 0 Å². The fourth-order valence-electron chi connectivity index (χ4n) is 4.00. The van der Waals surface area contributed by atoms with Crippen LogP contribution in [0.25, 0.3) is 0 Å². The Labute approximate surface area is 182 Å². The number of rotatable bonds is 6. The first kappa shape index (κ1) is 22.5. The standard InChI is InChI=1S/C21H25BrN2O.2ClH/c22-19-6-7-21(25-15-16-4-2-1-3-5-16)18(12-19)13-23-20-14-24-10-8-17(20)9-11-24;;/h1-7,12,17,20,23H,8-11,13-15H2;2*1H. The third-order valence-corrected chi connectivity index (χ3v) is 5.96. The SMILES string of the molecule is Brc1ccc(OCc2ccccc2)c(CNC2CN3CCC2CC3)c1.Cl.Cl. The molecule has 3 saturated heterocycles. The molecule has 1 N–H and O–H groups in total. The molecule has 2 aromatic carbocycles. The Morgan fingerprint density at radius 2 is 1.78 bits per heavy atom. The summed E-state index contributed by atoms with van der Waals surface area (Å²) >= 11 is 3.60. The van der Waals surface area contributed by atoms with Gasteiger partial charge in [0.2, 0.25) is 0 Å². The summed E-state index contributed by atoms with van der Waals surface area (Å²) in [6.45, 7) is 5.23. The zero-order valence-electron chi connectivity index (χ0n) is 15.3. The van der Waals surface area contributed by atoms with Crippen molar-refractivity contribution in [1.82, 2.24) is 10.2 Å². The van der Waals surface area contributed by atoms with E-state index in [9.17, 15) is 0 Å². The Morgan fingerprint density at radius 3 is 2.44 bits per heavy atom. The molecule has 3 nitrogen and oxygen atoms in total. The smallest absolute Gasteiger partial charge is 0.124 e. The van der Waals surface area contributed by atoms with Gasteiger partial charge in [-0.3, -0.25) is 0 Å². The molecule has 1 unspecified atom stereocenters. The number of fused-ring (bicyclic) bond motifs is 3. The third-order valence-electron chi connectivity index (χ3n) is 5.47. The molecule has 1 atom stereocenters. The molecule has 3 aliphatic heterocycles. The molecule has 0 aliphatic carbocycles. The van der Waals surface area contributed by atoms with Crippen molar-refractivity contribution >= 4 is 40.7 Å². The fourth-order valence-corrected chi connectivity index (χ4v) is 4.41. The van der Waals surface area contributed by atoms with Crippen molar-refractivity contribution in [1.29, 1.82) is 0 Å². The minimum Gasteiger partial charge on any atom is -0.489 e. The topological polar surface area (TPSA) is 24.5 Å². The number of nitrogens with one attached hydrogen (secondary N) is 1. The van der Waals surface area contributed by atoms with Crippen LogP contribution in [0.5, 0.6) is 5.75 Å². The molecule has 3 heterocycles. The van der Waals surface area contributed by atoms with E-state index in [4.69, 9.17) is 4.74 Å². The monoisotopic (exact) mass is 472 g/mol. The van der Waals surface area contributed by atoms with Crippen molar-refractivity contribution < 1.29 is 4.74 Å². The maximum absolute atomic E-state index is 6.11. The van der Waals surface area contributed by atoms with E-state index >= 15 is 0 Å². The van der Waals surface area contributed by atoms with Gasteiger partial charge in [-0.2, -0.15) is 0 Å². The molecule has 148 valence electrons. The first-order valence-electron chi connectivity index (χ1n) is 9.19. The maximum atomic E-state index is 6.11. The van der Waals surface area contributed by atoms with Gasteiger partial charge >= 0.3 is 0 Å².